The van der Waals surface area contributed by atoms with E-state index in [1.165, 1.54) is 6.08 Å². The zero-order chi connectivity index (χ0) is 22.3. The molecule has 2 aliphatic carbocycles. The largest absolute Gasteiger partial charge is 0.455 e. The lowest BCUT2D eigenvalue weighted by molar-refractivity contribution is -0.219. The van der Waals surface area contributed by atoms with Crippen molar-refractivity contribution in [3.8, 4) is 0 Å². The van der Waals surface area contributed by atoms with Crippen molar-refractivity contribution in [3.05, 3.63) is 22.8 Å². The number of hydrogen-bond acceptors (Lipinski definition) is 6. The second-order valence-corrected chi connectivity index (χ2v) is 10.9. The molecule has 3 heterocycles. The van der Waals surface area contributed by atoms with Crippen molar-refractivity contribution < 1.29 is 28.9 Å². The molecule has 0 radical (unpaired) electrons. The molecule has 0 bridgehead atoms. The van der Waals surface area contributed by atoms with E-state index < -0.39 is 17.5 Å². The van der Waals surface area contributed by atoms with Gasteiger partial charge in [-0.25, -0.2) is 4.79 Å². The number of Topliss-reactive ketones (excluding diaryl/α,β-unsaturated/α-hetero) is 1. The quantitative estimate of drug-likeness (QED) is 0.692. The van der Waals surface area contributed by atoms with Crippen molar-refractivity contribution in [2.24, 2.45) is 29.6 Å². The molecular weight excluding hydrogens is 396 g/mol. The number of aliphatic hydroxyl groups excluding tert-OH is 1. The Morgan fingerprint density at radius 1 is 1.23 bits per heavy atom. The van der Waals surface area contributed by atoms with E-state index >= 15 is 0 Å². The molecule has 5 rings (SSSR count). The standard InChI is InChI=1S/C25H34O6/c1-12-10-25(29-11-12)21-15(4)20-16(26)8-14(3)19(20)23(28)22(21)24(5,31-25)7-6-17-13(2)9-18(27)30-17/h9,12,14-17,19-20,26H,6-8,10-11H2,1-5H3/t12-,14+,15-,16+,17+,19-,20+,24+,25-/m1/s1. The van der Waals surface area contributed by atoms with E-state index in [0.717, 1.165) is 23.1 Å². The lowest BCUT2D eigenvalue weighted by Crippen LogP contribution is -2.43. The maximum atomic E-state index is 13.9. The van der Waals surface area contributed by atoms with Gasteiger partial charge in [-0.1, -0.05) is 20.8 Å². The Morgan fingerprint density at radius 3 is 2.58 bits per heavy atom. The Hall–Kier alpha value is -1.50. The minimum absolute atomic E-state index is 0.0238. The van der Waals surface area contributed by atoms with E-state index in [-0.39, 0.29) is 41.5 Å². The third-order valence-electron chi connectivity index (χ3n) is 8.48. The second-order valence-electron chi connectivity index (χ2n) is 10.9. The number of rotatable bonds is 3. The summed E-state index contributed by atoms with van der Waals surface area (Å²) in [5, 5.41) is 10.8. The fraction of sp³-hybridized carbons (Fsp3) is 0.760. The van der Waals surface area contributed by atoms with Gasteiger partial charge in [-0.05, 0) is 56.4 Å². The summed E-state index contributed by atoms with van der Waals surface area (Å²) in [4.78, 5) is 25.6. The molecule has 0 unspecified atom stereocenters. The number of carbonyl (C=O) groups is 2. The van der Waals surface area contributed by atoms with Crippen LogP contribution in [0.1, 0.15) is 60.3 Å². The highest BCUT2D eigenvalue weighted by atomic mass is 16.7. The predicted octanol–water partition coefficient (Wildman–Crippen LogP) is 3.33. The third-order valence-corrected chi connectivity index (χ3v) is 8.48. The smallest absolute Gasteiger partial charge is 0.331 e. The van der Waals surface area contributed by atoms with Gasteiger partial charge < -0.3 is 19.3 Å². The molecule has 1 saturated heterocycles. The Balaban J connectivity index is 1.54. The summed E-state index contributed by atoms with van der Waals surface area (Å²) in [6.07, 6.45) is 3.35. The van der Waals surface area contributed by atoms with Crippen LogP contribution in [0, 0.1) is 29.6 Å². The van der Waals surface area contributed by atoms with Crippen LogP contribution >= 0.6 is 0 Å². The van der Waals surface area contributed by atoms with Crippen LogP contribution < -0.4 is 0 Å². The summed E-state index contributed by atoms with van der Waals surface area (Å²) in [5.41, 5.74) is 1.85. The summed E-state index contributed by atoms with van der Waals surface area (Å²) >= 11 is 0. The first-order chi connectivity index (χ1) is 14.6. The first-order valence-electron chi connectivity index (χ1n) is 11.8. The molecule has 5 aliphatic rings. The number of hydrogen-bond donors (Lipinski definition) is 1. The Kier molecular flexibility index (Phi) is 4.82. The van der Waals surface area contributed by atoms with Gasteiger partial charge in [0.1, 0.15) is 6.10 Å². The van der Waals surface area contributed by atoms with Crippen LogP contribution in [0.25, 0.3) is 0 Å². The van der Waals surface area contributed by atoms with Crippen molar-refractivity contribution in [1.29, 1.82) is 0 Å². The van der Waals surface area contributed by atoms with E-state index in [2.05, 4.69) is 20.8 Å². The van der Waals surface area contributed by atoms with E-state index in [4.69, 9.17) is 14.2 Å². The molecule has 0 aromatic carbocycles. The summed E-state index contributed by atoms with van der Waals surface area (Å²) in [6, 6.07) is 0. The van der Waals surface area contributed by atoms with Gasteiger partial charge in [0.2, 0.25) is 0 Å². The van der Waals surface area contributed by atoms with Crippen molar-refractivity contribution >= 4 is 11.8 Å². The van der Waals surface area contributed by atoms with Gasteiger partial charge in [-0.3, -0.25) is 4.79 Å². The molecule has 0 aromatic rings. The summed E-state index contributed by atoms with van der Waals surface area (Å²) < 4.78 is 18.5. The highest BCUT2D eigenvalue weighted by Crippen LogP contribution is 2.61. The highest BCUT2D eigenvalue weighted by Gasteiger charge is 2.65. The molecule has 2 fully saturated rings. The van der Waals surface area contributed by atoms with Crippen LogP contribution in [0.4, 0.5) is 0 Å². The van der Waals surface area contributed by atoms with E-state index in [0.29, 0.717) is 31.8 Å². The predicted molar refractivity (Wildman–Crippen MR) is 113 cm³/mol. The topological polar surface area (TPSA) is 82.1 Å². The monoisotopic (exact) mass is 430 g/mol. The Bertz CT molecular complexity index is 888. The molecule has 1 N–H and O–H groups in total. The van der Waals surface area contributed by atoms with Crippen LogP contribution in [-0.4, -0.2) is 47.1 Å². The zero-order valence-corrected chi connectivity index (χ0v) is 19.1. The maximum absolute atomic E-state index is 13.9. The third kappa shape index (κ3) is 3.01. The van der Waals surface area contributed by atoms with Gasteiger partial charge in [0.05, 0.1) is 18.3 Å². The van der Waals surface area contributed by atoms with Crippen molar-refractivity contribution in [2.45, 2.75) is 83.9 Å². The summed E-state index contributed by atoms with van der Waals surface area (Å²) in [5.74, 6) is -0.805. The SMILES string of the molecule is CC1=CC(=O)O[C@H]1CC[C@]1(C)O[C@]2(C[C@@H](C)CO2)C2=C1C(=O)[C@H]1[C@H]([C@@H](O)C[C@@H]1C)[C@H]2C. The zero-order valence-electron chi connectivity index (χ0n) is 19.1. The molecule has 31 heavy (non-hydrogen) atoms. The average Bonchev–Trinajstić information content (AvgIpc) is 3.37. The van der Waals surface area contributed by atoms with Crippen LogP contribution in [0.3, 0.4) is 0 Å². The average molecular weight is 431 g/mol. The number of aliphatic hydroxyl groups is 1. The number of ketones is 1. The van der Waals surface area contributed by atoms with Crippen LogP contribution in [0.5, 0.6) is 0 Å². The highest BCUT2D eigenvalue weighted by molar-refractivity contribution is 6.02. The fourth-order valence-electron chi connectivity index (χ4n) is 7.18. The molecule has 3 aliphatic heterocycles. The van der Waals surface area contributed by atoms with Crippen molar-refractivity contribution in [1.82, 2.24) is 0 Å². The molecular formula is C25H34O6. The molecule has 1 saturated carbocycles. The van der Waals surface area contributed by atoms with Gasteiger partial charge in [0.25, 0.3) is 0 Å². The molecule has 170 valence electrons. The minimum Gasteiger partial charge on any atom is -0.455 e. The molecule has 6 heteroatoms. The molecule has 0 aromatic heterocycles. The Morgan fingerprint density at radius 2 is 1.97 bits per heavy atom. The fourth-order valence-corrected chi connectivity index (χ4v) is 7.18. The van der Waals surface area contributed by atoms with Crippen LogP contribution in [0.2, 0.25) is 0 Å². The molecule has 0 amide bonds. The molecule has 1 spiro atoms. The molecule has 6 nitrogen and oxygen atoms in total. The van der Waals surface area contributed by atoms with Gasteiger partial charge in [0, 0.05) is 35.5 Å². The number of cyclic esters (lactones) is 1. The number of carbonyl (C=O) groups excluding carboxylic acids is 2. The van der Waals surface area contributed by atoms with E-state index in [1.807, 2.05) is 13.8 Å². The number of fused-ring (bicyclic) bond motifs is 2. The summed E-state index contributed by atoms with van der Waals surface area (Å²) in [6.45, 7) is 10.9. The summed E-state index contributed by atoms with van der Waals surface area (Å²) in [7, 11) is 0. The normalized spacial score (nSPS) is 49.0. The van der Waals surface area contributed by atoms with Gasteiger partial charge in [-0.2, -0.15) is 0 Å². The first-order valence-corrected chi connectivity index (χ1v) is 11.8. The Labute approximate surface area is 184 Å². The van der Waals surface area contributed by atoms with Crippen LogP contribution in [-0.2, 0) is 23.8 Å². The molecule has 9 atom stereocenters. The van der Waals surface area contributed by atoms with Crippen molar-refractivity contribution in [3.63, 3.8) is 0 Å². The van der Waals surface area contributed by atoms with Gasteiger partial charge in [-0.15, -0.1) is 0 Å². The number of ether oxygens (including phenoxy) is 3. The maximum Gasteiger partial charge on any atom is 0.331 e. The van der Waals surface area contributed by atoms with Gasteiger partial charge >= 0.3 is 5.97 Å². The lowest BCUT2D eigenvalue weighted by atomic mass is 9.64. The first kappa shape index (κ1) is 21.4. The van der Waals surface area contributed by atoms with E-state index in [9.17, 15) is 14.7 Å². The van der Waals surface area contributed by atoms with E-state index in [1.54, 1.807) is 0 Å². The minimum atomic E-state index is -0.883. The second kappa shape index (κ2) is 7.00. The van der Waals surface area contributed by atoms with Gasteiger partial charge in [0.15, 0.2) is 11.6 Å². The number of esters is 1. The lowest BCUT2D eigenvalue weighted by Gasteiger charge is -2.39. The van der Waals surface area contributed by atoms with Crippen molar-refractivity contribution in [2.75, 3.05) is 6.61 Å². The van der Waals surface area contributed by atoms with Crippen LogP contribution in [0.15, 0.2) is 22.8 Å².